The zero-order valence-corrected chi connectivity index (χ0v) is 9.20. The lowest BCUT2D eigenvalue weighted by Gasteiger charge is -2.21. The predicted molar refractivity (Wildman–Crippen MR) is 49.9 cm³/mol. The van der Waals surface area contributed by atoms with Crippen LogP contribution in [-0.4, -0.2) is 27.4 Å². The van der Waals surface area contributed by atoms with Gasteiger partial charge in [0.05, 0.1) is 12.4 Å². The highest BCUT2D eigenvalue weighted by Crippen LogP contribution is 2.20. The van der Waals surface area contributed by atoms with Crippen molar-refractivity contribution >= 4 is 19.7 Å². The van der Waals surface area contributed by atoms with Crippen molar-refractivity contribution in [2.24, 2.45) is 5.41 Å². The van der Waals surface area contributed by atoms with Crippen LogP contribution in [-0.2, 0) is 13.8 Å². The van der Waals surface area contributed by atoms with E-state index in [2.05, 4.69) is 0 Å². The normalized spacial score (nSPS) is 13.3. The standard InChI is InChI=1S/C7H15ClO3S/c1-4-11-5-7(2,3)6-12(8,9)10/h4-6H2,1-3H3. The molecule has 0 unspecified atom stereocenters. The van der Waals surface area contributed by atoms with Crippen LogP contribution in [0.5, 0.6) is 0 Å². The van der Waals surface area contributed by atoms with Crippen molar-refractivity contribution in [3.8, 4) is 0 Å². The number of halogens is 1. The summed E-state index contributed by atoms with van der Waals surface area (Å²) < 4.78 is 26.6. The highest BCUT2D eigenvalue weighted by atomic mass is 35.7. The number of rotatable bonds is 5. The smallest absolute Gasteiger partial charge is 0.233 e. The molecular weight excluding hydrogens is 200 g/mol. The molecule has 0 radical (unpaired) electrons. The Kier molecular flexibility index (Phi) is 4.51. The van der Waals surface area contributed by atoms with Crippen molar-refractivity contribution in [1.29, 1.82) is 0 Å². The Balaban J connectivity index is 4.04. The molecule has 0 rings (SSSR count). The number of ether oxygens (including phenoxy) is 1. The van der Waals surface area contributed by atoms with E-state index >= 15 is 0 Å². The molecule has 0 fully saturated rings. The average Bonchev–Trinajstić information content (AvgIpc) is 1.78. The Bertz CT molecular complexity index is 221. The molecule has 12 heavy (non-hydrogen) atoms. The van der Waals surface area contributed by atoms with Crippen LogP contribution in [0.15, 0.2) is 0 Å². The summed E-state index contributed by atoms with van der Waals surface area (Å²) in [5.41, 5.74) is -0.406. The first kappa shape index (κ1) is 12.2. The van der Waals surface area contributed by atoms with Gasteiger partial charge in [-0.25, -0.2) is 8.42 Å². The van der Waals surface area contributed by atoms with E-state index in [4.69, 9.17) is 15.4 Å². The quantitative estimate of drug-likeness (QED) is 0.654. The molecule has 0 bridgehead atoms. The molecule has 0 saturated carbocycles. The van der Waals surface area contributed by atoms with Crippen LogP contribution < -0.4 is 0 Å². The summed E-state index contributed by atoms with van der Waals surface area (Å²) in [6, 6.07) is 0. The predicted octanol–water partition coefficient (Wildman–Crippen LogP) is 1.62. The lowest BCUT2D eigenvalue weighted by atomic mass is 9.98. The minimum absolute atomic E-state index is 0.0540. The van der Waals surface area contributed by atoms with Gasteiger partial charge in [0.25, 0.3) is 0 Å². The lowest BCUT2D eigenvalue weighted by molar-refractivity contribution is 0.0821. The zero-order chi connectivity index (χ0) is 9.83. The number of hydrogen-bond donors (Lipinski definition) is 0. The summed E-state index contributed by atoms with van der Waals surface area (Å²) >= 11 is 0. The summed E-state index contributed by atoms with van der Waals surface area (Å²) in [6.45, 7) is 6.48. The molecule has 3 nitrogen and oxygen atoms in total. The first-order chi connectivity index (χ1) is 5.27. The molecule has 0 aliphatic heterocycles. The van der Waals surface area contributed by atoms with Crippen LogP contribution in [0.25, 0.3) is 0 Å². The van der Waals surface area contributed by atoms with Gasteiger partial charge in [-0.05, 0) is 6.92 Å². The molecule has 5 heteroatoms. The third-order valence-electron chi connectivity index (χ3n) is 1.26. The first-order valence-electron chi connectivity index (χ1n) is 3.77. The largest absolute Gasteiger partial charge is 0.381 e. The summed E-state index contributed by atoms with van der Waals surface area (Å²) in [6.07, 6.45) is 0. The van der Waals surface area contributed by atoms with Crippen LogP contribution in [0, 0.1) is 5.41 Å². The minimum atomic E-state index is -3.42. The maximum absolute atomic E-state index is 10.7. The molecule has 0 saturated heterocycles. The fourth-order valence-corrected chi connectivity index (χ4v) is 2.79. The number of hydrogen-bond acceptors (Lipinski definition) is 3. The lowest BCUT2D eigenvalue weighted by Crippen LogP contribution is -2.26. The van der Waals surface area contributed by atoms with Crippen molar-refractivity contribution in [1.82, 2.24) is 0 Å². The second-order valence-corrected chi connectivity index (χ2v) is 6.26. The van der Waals surface area contributed by atoms with E-state index in [1.54, 1.807) is 0 Å². The fraction of sp³-hybridized carbons (Fsp3) is 1.00. The van der Waals surface area contributed by atoms with Gasteiger partial charge < -0.3 is 4.74 Å². The molecular formula is C7H15ClO3S. The van der Waals surface area contributed by atoms with Gasteiger partial charge in [0.15, 0.2) is 0 Å². The van der Waals surface area contributed by atoms with Gasteiger partial charge in [-0.3, -0.25) is 0 Å². The van der Waals surface area contributed by atoms with Gasteiger partial charge in [-0.1, -0.05) is 13.8 Å². The highest BCUT2D eigenvalue weighted by Gasteiger charge is 2.24. The minimum Gasteiger partial charge on any atom is -0.381 e. The molecule has 0 aromatic rings. The van der Waals surface area contributed by atoms with E-state index in [1.165, 1.54) is 0 Å². The van der Waals surface area contributed by atoms with Crippen molar-refractivity contribution in [2.75, 3.05) is 19.0 Å². The van der Waals surface area contributed by atoms with Gasteiger partial charge in [0, 0.05) is 22.7 Å². The summed E-state index contributed by atoms with van der Waals surface area (Å²) in [5.74, 6) is -0.0540. The van der Waals surface area contributed by atoms with Gasteiger partial charge in [-0.2, -0.15) is 0 Å². The average molecular weight is 215 g/mol. The van der Waals surface area contributed by atoms with Crippen LogP contribution >= 0.6 is 10.7 Å². The van der Waals surface area contributed by atoms with Gasteiger partial charge >= 0.3 is 0 Å². The fourth-order valence-electron chi connectivity index (χ4n) is 0.887. The molecule has 0 spiro atoms. The third-order valence-corrected chi connectivity index (χ3v) is 2.71. The van der Waals surface area contributed by atoms with Crippen molar-refractivity contribution in [3.05, 3.63) is 0 Å². The van der Waals surface area contributed by atoms with Crippen molar-refractivity contribution in [2.45, 2.75) is 20.8 Å². The van der Waals surface area contributed by atoms with Crippen LogP contribution in [0.1, 0.15) is 20.8 Å². The Morgan fingerprint density at radius 1 is 1.42 bits per heavy atom. The Labute approximate surface area is 78.5 Å². The SMILES string of the molecule is CCOCC(C)(C)CS(=O)(=O)Cl. The van der Waals surface area contributed by atoms with E-state index in [-0.39, 0.29) is 5.75 Å². The Morgan fingerprint density at radius 3 is 2.25 bits per heavy atom. The monoisotopic (exact) mass is 214 g/mol. The van der Waals surface area contributed by atoms with E-state index in [1.807, 2.05) is 20.8 Å². The second kappa shape index (κ2) is 4.44. The molecule has 74 valence electrons. The van der Waals surface area contributed by atoms with Crippen molar-refractivity contribution < 1.29 is 13.2 Å². The molecule has 0 N–H and O–H groups in total. The van der Waals surface area contributed by atoms with Crippen LogP contribution in [0.2, 0.25) is 0 Å². The Hall–Kier alpha value is 0.200. The molecule has 0 heterocycles. The summed E-state index contributed by atoms with van der Waals surface area (Å²) in [4.78, 5) is 0. The van der Waals surface area contributed by atoms with E-state index in [0.29, 0.717) is 13.2 Å². The summed E-state index contributed by atoms with van der Waals surface area (Å²) in [7, 11) is 1.69. The molecule has 0 aromatic heterocycles. The Morgan fingerprint density at radius 2 is 1.92 bits per heavy atom. The zero-order valence-electron chi connectivity index (χ0n) is 7.63. The van der Waals surface area contributed by atoms with Gasteiger partial charge in [-0.15, -0.1) is 0 Å². The molecule has 0 aliphatic rings. The summed E-state index contributed by atoms with van der Waals surface area (Å²) in [5, 5.41) is 0. The van der Waals surface area contributed by atoms with Crippen LogP contribution in [0.3, 0.4) is 0 Å². The molecule has 0 amide bonds. The van der Waals surface area contributed by atoms with Gasteiger partial charge in [0.1, 0.15) is 0 Å². The van der Waals surface area contributed by atoms with Crippen LogP contribution in [0.4, 0.5) is 0 Å². The topological polar surface area (TPSA) is 43.4 Å². The van der Waals surface area contributed by atoms with E-state index in [0.717, 1.165) is 0 Å². The first-order valence-corrected chi connectivity index (χ1v) is 6.25. The maximum Gasteiger partial charge on any atom is 0.233 e. The second-order valence-electron chi connectivity index (χ2n) is 3.48. The van der Waals surface area contributed by atoms with E-state index < -0.39 is 14.5 Å². The van der Waals surface area contributed by atoms with E-state index in [9.17, 15) is 8.42 Å². The molecule has 0 aromatic carbocycles. The van der Waals surface area contributed by atoms with Gasteiger partial charge in [0.2, 0.25) is 9.05 Å². The van der Waals surface area contributed by atoms with Crippen molar-refractivity contribution in [3.63, 3.8) is 0 Å². The molecule has 0 aliphatic carbocycles. The third kappa shape index (κ3) is 6.88. The maximum atomic E-state index is 10.7. The highest BCUT2D eigenvalue weighted by molar-refractivity contribution is 8.13. The molecule has 0 atom stereocenters.